The molecular weight excluding hydrogens is 463 g/mol. The molecule has 0 atom stereocenters. The smallest absolute Gasteiger partial charge is 0.324 e. The molecule has 4 heterocycles. The lowest BCUT2D eigenvalue weighted by Gasteiger charge is -2.36. The standard InChI is InChI=1S/C23H22F3N7O2/c1-30-7-9-31(10-8-30)23(34)33(18-4-2-3-16(24)12-18)14-17-13-32-6-5-15(11-19(32)27-17)21-28-29-22(35-21)20(25)26/h2-6,11-13,20H,7-10,14H2,1H3. The molecule has 35 heavy (non-hydrogen) atoms. The van der Waals surface area contributed by atoms with Crippen molar-refractivity contribution in [2.75, 3.05) is 38.1 Å². The number of hydrogen-bond acceptors (Lipinski definition) is 6. The van der Waals surface area contributed by atoms with Crippen molar-refractivity contribution in [1.29, 1.82) is 0 Å². The van der Waals surface area contributed by atoms with Gasteiger partial charge in [0.1, 0.15) is 11.5 Å². The summed E-state index contributed by atoms with van der Waals surface area (Å²) < 4.78 is 46.3. The maximum Gasteiger partial charge on any atom is 0.324 e. The molecule has 1 fully saturated rings. The number of fused-ring (bicyclic) bond motifs is 1. The van der Waals surface area contributed by atoms with Gasteiger partial charge in [-0.05, 0) is 37.4 Å². The van der Waals surface area contributed by atoms with Crippen LogP contribution in [-0.4, -0.2) is 68.6 Å². The highest BCUT2D eigenvalue weighted by Gasteiger charge is 2.26. The Labute approximate surface area is 198 Å². The summed E-state index contributed by atoms with van der Waals surface area (Å²) in [6, 6.07) is 8.92. The molecule has 1 aromatic carbocycles. The zero-order valence-electron chi connectivity index (χ0n) is 18.8. The van der Waals surface area contributed by atoms with E-state index < -0.39 is 18.1 Å². The topological polar surface area (TPSA) is 83.0 Å². The number of anilines is 1. The molecular formula is C23H22F3N7O2. The molecule has 182 valence electrons. The lowest BCUT2D eigenvalue weighted by Crippen LogP contribution is -2.52. The van der Waals surface area contributed by atoms with Crippen molar-refractivity contribution in [3.8, 4) is 11.5 Å². The van der Waals surface area contributed by atoms with Crippen LogP contribution in [0.15, 0.2) is 53.2 Å². The number of imidazole rings is 1. The molecule has 0 unspecified atom stereocenters. The van der Waals surface area contributed by atoms with E-state index in [2.05, 4.69) is 20.1 Å². The second kappa shape index (κ2) is 9.37. The molecule has 0 spiro atoms. The molecule has 12 heteroatoms. The number of likely N-dealkylation sites (N-methyl/N-ethyl adjacent to an activating group) is 1. The Hall–Kier alpha value is -3.93. The molecule has 0 saturated carbocycles. The fraction of sp³-hybridized carbons (Fsp3) is 0.304. The van der Waals surface area contributed by atoms with E-state index in [0.29, 0.717) is 35.7 Å². The Balaban J connectivity index is 1.43. The van der Waals surface area contributed by atoms with Gasteiger partial charge >= 0.3 is 12.5 Å². The number of halogens is 3. The number of hydrogen-bond donors (Lipinski definition) is 0. The molecule has 5 rings (SSSR count). The van der Waals surface area contributed by atoms with Crippen LogP contribution in [0.5, 0.6) is 0 Å². The lowest BCUT2D eigenvalue weighted by molar-refractivity contribution is 0.116. The van der Waals surface area contributed by atoms with Gasteiger partial charge in [0, 0.05) is 49.8 Å². The average molecular weight is 485 g/mol. The highest BCUT2D eigenvalue weighted by Crippen LogP contribution is 2.25. The number of piperazine rings is 1. The molecule has 0 bridgehead atoms. The first-order valence-corrected chi connectivity index (χ1v) is 11.0. The number of aromatic nitrogens is 4. The van der Waals surface area contributed by atoms with Gasteiger partial charge in [0.2, 0.25) is 5.89 Å². The van der Waals surface area contributed by atoms with Gasteiger partial charge in [-0.15, -0.1) is 10.2 Å². The fourth-order valence-electron chi connectivity index (χ4n) is 3.93. The summed E-state index contributed by atoms with van der Waals surface area (Å²) in [6.07, 6.45) is 0.577. The summed E-state index contributed by atoms with van der Waals surface area (Å²) >= 11 is 0. The Bertz CT molecular complexity index is 1350. The summed E-state index contributed by atoms with van der Waals surface area (Å²) in [4.78, 5) is 23.4. The van der Waals surface area contributed by atoms with E-state index in [1.165, 1.54) is 17.0 Å². The van der Waals surface area contributed by atoms with Gasteiger partial charge in [-0.2, -0.15) is 8.78 Å². The van der Waals surface area contributed by atoms with Gasteiger partial charge in [-0.1, -0.05) is 6.07 Å². The molecule has 0 aliphatic carbocycles. The largest absolute Gasteiger partial charge is 0.415 e. The minimum atomic E-state index is -2.86. The first-order valence-electron chi connectivity index (χ1n) is 11.0. The van der Waals surface area contributed by atoms with Crippen molar-refractivity contribution in [1.82, 2.24) is 29.4 Å². The molecule has 1 aliphatic heterocycles. The maximum absolute atomic E-state index is 14.0. The van der Waals surface area contributed by atoms with Crippen LogP contribution in [0.4, 0.5) is 23.7 Å². The number of alkyl halides is 2. The summed E-state index contributed by atoms with van der Waals surface area (Å²) in [5, 5.41) is 7.02. The second-order valence-corrected chi connectivity index (χ2v) is 8.30. The van der Waals surface area contributed by atoms with Crippen molar-refractivity contribution in [2.24, 2.45) is 0 Å². The van der Waals surface area contributed by atoms with Crippen LogP contribution in [0.1, 0.15) is 18.0 Å². The number of carbonyl (C=O) groups excluding carboxylic acids is 1. The van der Waals surface area contributed by atoms with Gasteiger partial charge in [-0.25, -0.2) is 14.2 Å². The summed E-state index contributed by atoms with van der Waals surface area (Å²) in [5.41, 5.74) is 1.93. The van der Waals surface area contributed by atoms with Crippen molar-refractivity contribution < 1.29 is 22.4 Å². The highest BCUT2D eigenvalue weighted by molar-refractivity contribution is 5.92. The number of urea groups is 1. The fourth-order valence-corrected chi connectivity index (χ4v) is 3.93. The van der Waals surface area contributed by atoms with Gasteiger partial charge in [0.05, 0.1) is 12.2 Å². The van der Waals surface area contributed by atoms with Gasteiger partial charge in [0.25, 0.3) is 5.89 Å². The molecule has 9 nitrogen and oxygen atoms in total. The van der Waals surface area contributed by atoms with Crippen molar-refractivity contribution >= 4 is 17.4 Å². The number of rotatable bonds is 5. The molecule has 0 radical (unpaired) electrons. The first kappa shape index (κ1) is 22.8. The van der Waals surface area contributed by atoms with Gasteiger partial charge < -0.3 is 18.6 Å². The summed E-state index contributed by atoms with van der Waals surface area (Å²) in [5.74, 6) is -1.24. The first-order chi connectivity index (χ1) is 16.9. The normalized spacial score (nSPS) is 14.7. The zero-order valence-corrected chi connectivity index (χ0v) is 18.8. The molecule has 2 amide bonds. The quantitative estimate of drug-likeness (QED) is 0.427. The van der Waals surface area contributed by atoms with E-state index in [1.54, 1.807) is 46.0 Å². The van der Waals surface area contributed by atoms with Crippen LogP contribution in [0.2, 0.25) is 0 Å². The monoisotopic (exact) mass is 485 g/mol. The van der Waals surface area contributed by atoms with E-state index in [1.807, 2.05) is 7.05 Å². The summed E-state index contributed by atoms with van der Waals surface area (Å²) in [7, 11) is 2.00. The van der Waals surface area contributed by atoms with E-state index in [0.717, 1.165) is 13.1 Å². The molecule has 3 aromatic heterocycles. The van der Waals surface area contributed by atoms with Crippen molar-refractivity contribution in [3.63, 3.8) is 0 Å². The van der Waals surface area contributed by atoms with E-state index in [-0.39, 0.29) is 18.5 Å². The second-order valence-electron chi connectivity index (χ2n) is 8.30. The average Bonchev–Trinajstić information content (AvgIpc) is 3.49. The van der Waals surface area contributed by atoms with E-state index in [4.69, 9.17) is 4.42 Å². The number of benzene rings is 1. The van der Waals surface area contributed by atoms with Crippen molar-refractivity contribution in [3.05, 3.63) is 66.2 Å². The lowest BCUT2D eigenvalue weighted by atomic mass is 10.2. The van der Waals surface area contributed by atoms with Crippen LogP contribution >= 0.6 is 0 Å². The minimum Gasteiger partial charge on any atom is -0.415 e. The number of carbonyl (C=O) groups is 1. The number of nitrogens with zero attached hydrogens (tertiary/aromatic N) is 7. The molecule has 1 saturated heterocycles. The maximum atomic E-state index is 14.0. The third-order valence-electron chi connectivity index (χ3n) is 5.83. The van der Waals surface area contributed by atoms with Gasteiger partial charge in [-0.3, -0.25) is 4.90 Å². The Morgan fingerprint density at radius 2 is 1.94 bits per heavy atom. The van der Waals surface area contributed by atoms with Crippen molar-refractivity contribution in [2.45, 2.75) is 13.0 Å². The zero-order chi connectivity index (χ0) is 24.5. The third kappa shape index (κ3) is 4.83. The van der Waals surface area contributed by atoms with E-state index in [9.17, 15) is 18.0 Å². The van der Waals surface area contributed by atoms with Crippen LogP contribution in [0.25, 0.3) is 17.1 Å². The third-order valence-corrected chi connectivity index (χ3v) is 5.83. The van der Waals surface area contributed by atoms with Crippen LogP contribution in [0, 0.1) is 5.82 Å². The predicted octanol–water partition coefficient (Wildman–Crippen LogP) is 3.84. The Morgan fingerprint density at radius 1 is 1.14 bits per heavy atom. The minimum absolute atomic E-state index is 0.0426. The van der Waals surface area contributed by atoms with Gasteiger partial charge in [0.15, 0.2) is 0 Å². The Morgan fingerprint density at radius 3 is 2.66 bits per heavy atom. The molecule has 1 aliphatic rings. The number of pyridine rings is 1. The number of amides is 2. The summed E-state index contributed by atoms with van der Waals surface area (Å²) in [6.45, 7) is 2.76. The van der Waals surface area contributed by atoms with Crippen LogP contribution < -0.4 is 4.90 Å². The van der Waals surface area contributed by atoms with Crippen LogP contribution in [0.3, 0.4) is 0 Å². The predicted molar refractivity (Wildman–Crippen MR) is 120 cm³/mol. The van der Waals surface area contributed by atoms with Crippen LogP contribution in [-0.2, 0) is 6.54 Å². The highest BCUT2D eigenvalue weighted by atomic mass is 19.3. The SMILES string of the molecule is CN1CCN(C(=O)N(Cc2cn3ccc(-c4nnc(C(F)F)o4)cc3n2)c2cccc(F)c2)CC1. The van der Waals surface area contributed by atoms with E-state index >= 15 is 0 Å². The molecule has 0 N–H and O–H groups in total. The Kier molecular flexibility index (Phi) is 6.12. The molecule has 4 aromatic rings.